The molecule has 19 heavy (non-hydrogen) atoms. The Morgan fingerprint density at radius 1 is 1.47 bits per heavy atom. The van der Waals surface area contributed by atoms with Gasteiger partial charge in [-0.25, -0.2) is 4.98 Å². The van der Waals surface area contributed by atoms with Crippen molar-refractivity contribution in [3.63, 3.8) is 0 Å². The van der Waals surface area contributed by atoms with Gasteiger partial charge in [0.05, 0.1) is 5.69 Å². The molecule has 1 aromatic heterocycles. The molecule has 2 rings (SSSR count). The van der Waals surface area contributed by atoms with E-state index in [2.05, 4.69) is 15.7 Å². The van der Waals surface area contributed by atoms with Crippen LogP contribution < -0.4 is 10.7 Å². The molecule has 0 radical (unpaired) electrons. The number of nitrogens with one attached hydrogen (secondary N) is 2. The third-order valence-corrected chi connectivity index (χ3v) is 3.88. The Labute approximate surface area is 114 Å². The Morgan fingerprint density at radius 3 is 2.63 bits per heavy atom. The van der Waals surface area contributed by atoms with Crippen LogP contribution in [-0.2, 0) is 14.4 Å². The predicted octanol–water partition coefficient (Wildman–Crippen LogP) is 0.208. The van der Waals surface area contributed by atoms with Crippen molar-refractivity contribution in [2.45, 2.75) is 20.3 Å². The highest BCUT2D eigenvalue weighted by Gasteiger charge is 2.38. The first kappa shape index (κ1) is 13.5. The van der Waals surface area contributed by atoms with Crippen molar-refractivity contribution in [1.29, 1.82) is 0 Å². The normalized spacial score (nSPS) is 18.7. The number of nitrogens with zero attached hydrogens (tertiary/aromatic N) is 2. The van der Waals surface area contributed by atoms with Crippen LogP contribution in [0.5, 0.6) is 0 Å². The summed E-state index contributed by atoms with van der Waals surface area (Å²) >= 11 is 1.36. The Hall–Kier alpha value is -1.96. The van der Waals surface area contributed by atoms with E-state index in [1.807, 2.05) is 13.8 Å². The van der Waals surface area contributed by atoms with Gasteiger partial charge in [0.15, 0.2) is 5.13 Å². The number of hydrogen-bond acceptors (Lipinski definition) is 5. The largest absolute Gasteiger partial charge is 0.302 e. The molecule has 2 heterocycles. The summed E-state index contributed by atoms with van der Waals surface area (Å²) in [5, 5.41) is 4.18. The summed E-state index contributed by atoms with van der Waals surface area (Å²) < 4.78 is 0. The van der Waals surface area contributed by atoms with E-state index in [4.69, 9.17) is 0 Å². The second kappa shape index (κ2) is 4.96. The molecule has 1 aromatic rings. The monoisotopic (exact) mass is 282 g/mol. The molecule has 8 heteroatoms. The van der Waals surface area contributed by atoms with Gasteiger partial charge in [0.2, 0.25) is 5.91 Å². The summed E-state index contributed by atoms with van der Waals surface area (Å²) in [6.45, 7) is 3.76. The van der Waals surface area contributed by atoms with Crippen molar-refractivity contribution in [2.75, 3.05) is 12.4 Å². The molecule has 102 valence electrons. The molecule has 1 saturated heterocycles. The van der Waals surface area contributed by atoms with E-state index < -0.39 is 23.6 Å². The molecule has 1 aliphatic rings. The number of hydrazine groups is 1. The molecule has 0 aliphatic carbocycles. The molecule has 0 aromatic carbocycles. The standard InChI is InChI=1S/C11H14N4O3S/c1-5-6(2)19-11(12-5)13-8(16)4-7-9(17)14-15(3)10(7)18/h7H,4H2,1-3H3,(H,14,17)(H,12,13,16). The van der Waals surface area contributed by atoms with E-state index in [0.29, 0.717) is 5.13 Å². The first-order valence-electron chi connectivity index (χ1n) is 5.70. The summed E-state index contributed by atoms with van der Waals surface area (Å²) in [5.41, 5.74) is 3.21. The summed E-state index contributed by atoms with van der Waals surface area (Å²) in [5.74, 6) is -2.19. The van der Waals surface area contributed by atoms with Crippen LogP contribution in [0.1, 0.15) is 17.0 Å². The van der Waals surface area contributed by atoms with Gasteiger partial charge in [-0.3, -0.25) is 24.8 Å². The molecule has 0 saturated carbocycles. The van der Waals surface area contributed by atoms with Gasteiger partial charge in [-0.05, 0) is 13.8 Å². The van der Waals surface area contributed by atoms with Crippen LogP contribution in [-0.4, -0.2) is 34.8 Å². The smallest absolute Gasteiger partial charge is 0.253 e. The maximum atomic E-state index is 11.8. The molecule has 0 bridgehead atoms. The number of carbonyl (C=O) groups excluding carboxylic acids is 3. The molecule has 3 amide bonds. The van der Waals surface area contributed by atoms with Crippen molar-refractivity contribution < 1.29 is 14.4 Å². The third kappa shape index (κ3) is 2.73. The summed E-state index contributed by atoms with van der Waals surface area (Å²) in [7, 11) is 1.45. The predicted molar refractivity (Wildman–Crippen MR) is 69.2 cm³/mol. The van der Waals surface area contributed by atoms with Crippen LogP contribution in [0, 0.1) is 19.8 Å². The maximum Gasteiger partial charge on any atom is 0.253 e. The number of carbonyl (C=O) groups is 3. The Kier molecular flexibility index (Phi) is 3.52. The first-order chi connectivity index (χ1) is 8.88. The lowest BCUT2D eigenvalue weighted by molar-refractivity contribution is -0.134. The molecule has 1 fully saturated rings. The zero-order valence-corrected chi connectivity index (χ0v) is 11.6. The zero-order chi connectivity index (χ0) is 14.2. The Morgan fingerprint density at radius 2 is 2.16 bits per heavy atom. The maximum absolute atomic E-state index is 11.8. The number of aromatic nitrogens is 1. The average molecular weight is 282 g/mol. The van der Waals surface area contributed by atoms with Crippen molar-refractivity contribution in [2.24, 2.45) is 5.92 Å². The molecule has 1 unspecified atom stereocenters. The highest BCUT2D eigenvalue weighted by atomic mass is 32.1. The van der Waals surface area contributed by atoms with Crippen LogP contribution in [0.2, 0.25) is 0 Å². The zero-order valence-electron chi connectivity index (χ0n) is 10.8. The topological polar surface area (TPSA) is 91.4 Å². The lowest BCUT2D eigenvalue weighted by Crippen LogP contribution is -2.31. The van der Waals surface area contributed by atoms with E-state index in [9.17, 15) is 14.4 Å². The van der Waals surface area contributed by atoms with Crippen LogP contribution in [0.4, 0.5) is 5.13 Å². The van der Waals surface area contributed by atoms with E-state index in [1.165, 1.54) is 18.4 Å². The summed E-state index contributed by atoms with van der Waals surface area (Å²) in [6, 6.07) is 0. The van der Waals surface area contributed by atoms with Gasteiger partial charge >= 0.3 is 0 Å². The van der Waals surface area contributed by atoms with Crippen molar-refractivity contribution in [1.82, 2.24) is 15.4 Å². The number of hydrogen-bond donors (Lipinski definition) is 2. The van der Waals surface area contributed by atoms with Crippen LogP contribution in [0.25, 0.3) is 0 Å². The second-order valence-corrected chi connectivity index (χ2v) is 5.54. The minimum atomic E-state index is -0.952. The highest BCUT2D eigenvalue weighted by Crippen LogP contribution is 2.22. The van der Waals surface area contributed by atoms with Gasteiger partial charge < -0.3 is 5.32 Å². The number of amides is 3. The van der Waals surface area contributed by atoms with E-state index in [1.54, 1.807) is 0 Å². The van der Waals surface area contributed by atoms with Crippen molar-refractivity contribution in [3.8, 4) is 0 Å². The number of rotatable bonds is 3. The second-order valence-electron chi connectivity index (χ2n) is 4.34. The van der Waals surface area contributed by atoms with Gasteiger partial charge in [0.25, 0.3) is 11.8 Å². The number of aryl methyl sites for hydroxylation is 2. The lowest BCUT2D eigenvalue weighted by atomic mass is 10.1. The first-order valence-corrected chi connectivity index (χ1v) is 6.52. The fraction of sp³-hybridized carbons (Fsp3) is 0.455. The molecule has 1 atom stereocenters. The third-order valence-electron chi connectivity index (χ3n) is 2.89. The van der Waals surface area contributed by atoms with Gasteiger partial charge in [0, 0.05) is 18.3 Å². The van der Waals surface area contributed by atoms with E-state index in [0.717, 1.165) is 15.6 Å². The minimum Gasteiger partial charge on any atom is -0.302 e. The fourth-order valence-corrected chi connectivity index (χ4v) is 2.54. The number of thiazole rings is 1. The quantitative estimate of drug-likeness (QED) is 0.775. The molecular weight excluding hydrogens is 268 g/mol. The van der Waals surface area contributed by atoms with Crippen LogP contribution in [0.3, 0.4) is 0 Å². The molecule has 2 N–H and O–H groups in total. The Balaban J connectivity index is 1.98. The number of anilines is 1. The van der Waals surface area contributed by atoms with Gasteiger partial charge in [-0.2, -0.15) is 0 Å². The molecule has 1 aliphatic heterocycles. The summed E-state index contributed by atoms with van der Waals surface area (Å²) in [6.07, 6.45) is -0.174. The SMILES string of the molecule is Cc1nc(NC(=O)CC2C(=O)NN(C)C2=O)sc1C. The molecular formula is C11H14N4O3S. The van der Waals surface area contributed by atoms with E-state index in [-0.39, 0.29) is 6.42 Å². The van der Waals surface area contributed by atoms with Crippen molar-refractivity contribution in [3.05, 3.63) is 10.6 Å². The molecule has 7 nitrogen and oxygen atoms in total. The van der Waals surface area contributed by atoms with Crippen LogP contribution >= 0.6 is 11.3 Å². The Bertz CT molecular complexity index is 535. The van der Waals surface area contributed by atoms with E-state index >= 15 is 0 Å². The van der Waals surface area contributed by atoms with Crippen LogP contribution in [0.15, 0.2) is 0 Å². The van der Waals surface area contributed by atoms with Gasteiger partial charge in [0.1, 0.15) is 5.92 Å². The lowest BCUT2D eigenvalue weighted by Gasteiger charge is -2.06. The highest BCUT2D eigenvalue weighted by molar-refractivity contribution is 7.15. The van der Waals surface area contributed by atoms with Gasteiger partial charge in [-0.1, -0.05) is 0 Å². The molecule has 0 spiro atoms. The van der Waals surface area contributed by atoms with Crippen molar-refractivity contribution >= 4 is 34.2 Å². The van der Waals surface area contributed by atoms with Gasteiger partial charge in [-0.15, -0.1) is 11.3 Å². The minimum absolute atomic E-state index is 0.174. The summed E-state index contributed by atoms with van der Waals surface area (Å²) in [4.78, 5) is 40.1. The fourth-order valence-electron chi connectivity index (χ4n) is 1.71. The average Bonchev–Trinajstić information content (AvgIpc) is 2.74.